The minimum Gasteiger partial charge on any atom is -0.295 e. The average Bonchev–Trinajstić information content (AvgIpc) is 2.87. The molecule has 3 aromatic rings. The molecule has 0 saturated heterocycles. The van der Waals surface area contributed by atoms with Crippen molar-refractivity contribution < 1.29 is 0 Å². The number of benzene rings is 2. The summed E-state index contributed by atoms with van der Waals surface area (Å²) in [6, 6.07) is 13.7. The minimum atomic E-state index is 0.308. The molecule has 0 fully saturated rings. The number of alkyl halides is 1. The highest BCUT2D eigenvalue weighted by molar-refractivity contribution is 9.10. The zero-order chi connectivity index (χ0) is 15.0. The molecule has 3 nitrogen and oxygen atoms in total. The van der Waals surface area contributed by atoms with Crippen LogP contribution in [0.3, 0.4) is 0 Å². The Balaban J connectivity index is 2.33. The summed E-state index contributed by atoms with van der Waals surface area (Å²) < 4.78 is 3.02. The second kappa shape index (κ2) is 5.51. The molecule has 104 valence electrons. The van der Waals surface area contributed by atoms with Crippen LogP contribution in [0.4, 0.5) is 0 Å². The number of aryl methyl sites for hydroxylation is 1. The number of rotatable bonds is 2. The molecule has 2 aromatic carbocycles. The lowest BCUT2D eigenvalue weighted by molar-refractivity contribution is 0.980. The van der Waals surface area contributed by atoms with Crippen LogP contribution in [-0.2, 0) is 5.88 Å². The molecule has 0 bridgehead atoms. The summed E-state index contributed by atoms with van der Waals surface area (Å²) in [6.45, 7) is 2.04. The third kappa shape index (κ3) is 2.44. The topological polar surface area (TPSA) is 41.6 Å². The van der Waals surface area contributed by atoms with Crippen molar-refractivity contribution in [2.45, 2.75) is 12.8 Å². The molecule has 0 saturated carbocycles. The molecule has 1 heterocycles. The van der Waals surface area contributed by atoms with Crippen molar-refractivity contribution in [3.63, 3.8) is 0 Å². The normalized spacial score (nSPS) is 10.8. The maximum Gasteiger partial charge on any atom is 0.129 e. The number of hydrogen-bond acceptors (Lipinski definition) is 2. The van der Waals surface area contributed by atoms with Gasteiger partial charge in [-0.3, -0.25) is 4.57 Å². The van der Waals surface area contributed by atoms with Crippen LogP contribution in [0, 0.1) is 18.3 Å². The monoisotopic (exact) mass is 359 g/mol. The van der Waals surface area contributed by atoms with Crippen LogP contribution in [0.5, 0.6) is 0 Å². The highest BCUT2D eigenvalue weighted by atomic mass is 79.9. The standard InChI is InChI=1S/C16H11BrClN3/c1-10-2-4-12(7-13(10)17)21-15-6-11(9-19)3-5-14(15)20-16(21)8-18/h2-7H,8H2,1H3. The Labute approximate surface area is 135 Å². The molecule has 21 heavy (non-hydrogen) atoms. The molecule has 5 heteroatoms. The van der Waals surface area contributed by atoms with E-state index >= 15 is 0 Å². The Morgan fingerprint density at radius 2 is 2.10 bits per heavy atom. The number of imidazole rings is 1. The first-order valence-corrected chi connectivity index (χ1v) is 7.71. The lowest BCUT2D eigenvalue weighted by atomic mass is 10.2. The fourth-order valence-corrected chi connectivity index (χ4v) is 2.84. The van der Waals surface area contributed by atoms with Gasteiger partial charge in [0.15, 0.2) is 0 Å². The van der Waals surface area contributed by atoms with E-state index in [1.165, 1.54) is 0 Å². The quantitative estimate of drug-likeness (QED) is 0.621. The van der Waals surface area contributed by atoms with Gasteiger partial charge in [-0.1, -0.05) is 22.0 Å². The first-order chi connectivity index (χ1) is 10.1. The van der Waals surface area contributed by atoms with Crippen LogP contribution in [0.2, 0.25) is 0 Å². The van der Waals surface area contributed by atoms with Crippen LogP contribution in [-0.4, -0.2) is 9.55 Å². The van der Waals surface area contributed by atoms with Gasteiger partial charge in [-0.2, -0.15) is 5.26 Å². The molecular weight excluding hydrogens is 350 g/mol. The molecule has 0 aliphatic heterocycles. The Morgan fingerprint density at radius 1 is 1.29 bits per heavy atom. The summed E-state index contributed by atoms with van der Waals surface area (Å²) in [7, 11) is 0. The highest BCUT2D eigenvalue weighted by Crippen LogP contribution is 2.26. The molecule has 0 spiro atoms. The molecular formula is C16H11BrClN3. The van der Waals surface area contributed by atoms with Crippen molar-refractivity contribution in [2.24, 2.45) is 0 Å². The number of hydrogen-bond donors (Lipinski definition) is 0. The summed E-state index contributed by atoms with van der Waals surface area (Å²) >= 11 is 9.59. The van der Waals surface area contributed by atoms with E-state index in [1.807, 2.05) is 41.8 Å². The summed E-state index contributed by atoms with van der Waals surface area (Å²) in [5.74, 6) is 1.07. The zero-order valence-electron chi connectivity index (χ0n) is 11.3. The van der Waals surface area contributed by atoms with E-state index in [1.54, 1.807) is 6.07 Å². The first-order valence-electron chi connectivity index (χ1n) is 6.38. The van der Waals surface area contributed by atoms with Crippen LogP contribution in [0.1, 0.15) is 17.0 Å². The summed E-state index contributed by atoms with van der Waals surface area (Å²) in [5, 5.41) is 9.09. The molecule has 0 atom stereocenters. The van der Waals surface area contributed by atoms with Gasteiger partial charge in [0.05, 0.1) is 28.5 Å². The molecule has 3 rings (SSSR count). The van der Waals surface area contributed by atoms with Gasteiger partial charge in [-0.15, -0.1) is 11.6 Å². The van der Waals surface area contributed by atoms with Gasteiger partial charge in [-0.05, 0) is 42.8 Å². The van der Waals surface area contributed by atoms with Crippen molar-refractivity contribution in [1.82, 2.24) is 9.55 Å². The van der Waals surface area contributed by atoms with Gasteiger partial charge in [-0.25, -0.2) is 4.98 Å². The summed E-state index contributed by atoms with van der Waals surface area (Å²) in [4.78, 5) is 4.54. The molecule has 1 aromatic heterocycles. The fourth-order valence-electron chi connectivity index (χ4n) is 2.29. The molecule has 0 aliphatic rings. The van der Waals surface area contributed by atoms with Gasteiger partial charge < -0.3 is 0 Å². The van der Waals surface area contributed by atoms with Crippen LogP contribution < -0.4 is 0 Å². The Hall–Kier alpha value is -1.83. The van der Waals surface area contributed by atoms with Gasteiger partial charge in [0, 0.05) is 10.2 Å². The Bertz CT molecular complexity index is 877. The lowest BCUT2D eigenvalue weighted by Crippen LogP contribution is -1.99. The third-order valence-electron chi connectivity index (χ3n) is 3.39. The Morgan fingerprint density at radius 3 is 2.76 bits per heavy atom. The summed E-state index contributed by atoms with van der Waals surface area (Å²) in [6.07, 6.45) is 0. The highest BCUT2D eigenvalue weighted by Gasteiger charge is 2.13. The number of aromatic nitrogens is 2. The Kier molecular flexibility index (Phi) is 3.71. The van der Waals surface area contributed by atoms with E-state index in [0.717, 1.165) is 32.6 Å². The third-order valence-corrected chi connectivity index (χ3v) is 4.48. The van der Waals surface area contributed by atoms with Gasteiger partial charge >= 0.3 is 0 Å². The van der Waals surface area contributed by atoms with Gasteiger partial charge in [0.25, 0.3) is 0 Å². The second-order valence-electron chi connectivity index (χ2n) is 4.75. The minimum absolute atomic E-state index is 0.308. The largest absolute Gasteiger partial charge is 0.295 e. The molecule has 0 radical (unpaired) electrons. The first kappa shape index (κ1) is 14.1. The predicted molar refractivity (Wildman–Crippen MR) is 87.8 cm³/mol. The van der Waals surface area contributed by atoms with E-state index in [4.69, 9.17) is 16.9 Å². The SMILES string of the molecule is Cc1ccc(-n2c(CCl)nc3ccc(C#N)cc32)cc1Br. The lowest BCUT2D eigenvalue weighted by Gasteiger charge is -2.09. The van der Waals surface area contributed by atoms with Crippen molar-refractivity contribution in [3.8, 4) is 11.8 Å². The predicted octanol–water partition coefficient (Wildman–Crippen LogP) is 4.71. The number of fused-ring (bicyclic) bond motifs is 1. The van der Waals surface area contributed by atoms with Crippen LogP contribution in [0.25, 0.3) is 16.7 Å². The van der Waals surface area contributed by atoms with Crippen molar-refractivity contribution in [1.29, 1.82) is 5.26 Å². The van der Waals surface area contributed by atoms with Crippen LogP contribution in [0.15, 0.2) is 40.9 Å². The maximum absolute atomic E-state index is 9.09. The number of halogens is 2. The zero-order valence-corrected chi connectivity index (χ0v) is 13.6. The van der Waals surface area contributed by atoms with E-state index in [2.05, 4.69) is 27.0 Å². The van der Waals surface area contributed by atoms with Crippen molar-refractivity contribution >= 4 is 38.6 Å². The fraction of sp³-hybridized carbons (Fsp3) is 0.125. The second-order valence-corrected chi connectivity index (χ2v) is 5.87. The molecule has 0 N–H and O–H groups in total. The number of nitrogens with zero attached hydrogens (tertiary/aromatic N) is 3. The summed E-state index contributed by atoms with van der Waals surface area (Å²) in [5.41, 5.74) is 4.46. The molecule has 0 aliphatic carbocycles. The van der Waals surface area contributed by atoms with E-state index in [0.29, 0.717) is 11.4 Å². The number of nitriles is 1. The maximum atomic E-state index is 9.09. The van der Waals surface area contributed by atoms with Gasteiger partial charge in [0.2, 0.25) is 0 Å². The molecule has 0 amide bonds. The van der Waals surface area contributed by atoms with E-state index in [-0.39, 0.29) is 0 Å². The molecule has 0 unspecified atom stereocenters. The van der Waals surface area contributed by atoms with Crippen LogP contribution >= 0.6 is 27.5 Å². The van der Waals surface area contributed by atoms with E-state index < -0.39 is 0 Å². The average molecular weight is 361 g/mol. The smallest absolute Gasteiger partial charge is 0.129 e. The van der Waals surface area contributed by atoms with Crippen molar-refractivity contribution in [2.75, 3.05) is 0 Å². The van der Waals surface area contributed by atoms with E-state index in [9.17, 15) is 0 Å². The van der Waals surface area contributed by atoms with Crippen molar-refractivity contribution in [3.05, 3.63) is 57.8 Å². The van der Waals surface area contributed by atoms with Gasteiger partial charge in [0.1, 0.15) is 5.82 Å².